The first-order valence-corrected chi connectivity index (χ1v) is 7.15. The maximum absolute atomic E-state index is 12.3. The summed E-state index contributed by atoms with van der Waals surface area (Å²) in [5, 5.41) is 16.8. The number of carbonyl (C=O) groups excluding carboxylic acids is 1. The van der Waals surface area contributed by atoms with Crippen molar-refractivity contribution in [1.29, 1.82) is 0 Å². The van der Waals surface area contributed by atoms with E-state index in [1.807, 2.05) is 38.1 Å². The van der Waals surface area contributed by atoms with Crippen molar-refractivity contribution >= 4 is 5.91 Å². The van der Waals surface area contributed by atoms with E-state index in [4.69, 9.17) is 0 Å². The zero-order valence-electron chi connectivity index (χ0n) is 12.4. The topological polar surface area (TPSA) is 67.2 Å². The molecule has 1 heterocycles. The molecule has 0 fully saturated rings. The van der Waals surface area contributed by atoms with Crippen LogP contribution in [-0.4, -0.2) is 33.4 Å². The van der Waals surface area contributed by atoms with E-state index < -0.39 is 6.10 Å². The maximum Gasteiger partial charge on any atom is 0.253 e. The highest BCUT2D eigenvalue weighted by Gasteiger charge is 2.13. The number of aliphatic hydroxyl groups excluding tert-OH is 1. The van der Waals surface area contributed by atoms with Crippen molar-refractivity contribution in [1.82, 2.24) is 15.1 Å². The maximum atomic E-state index is 12.3. The van der Waals surface area contributed by atoms with Crippen LogP contribution in [0.15, 0.2) is 42.7 Å². The van der Waals surface area contributed by atoms with Crippen molar-refractivity contribution < 1.29 is 9.90 Å². The third-order valence-corrected chi connectivity index (χ3v) is 3.40. The average molecular weight is 287 g/mol. The number of para-hydroxylation sites is 1. The number of nitrogens with one attached hydrogen (secondary N) is 1. The summed E-state index contributed by atoms with van der Waals surface area (Å²) in [4.78, 5) is 12.3. The Kier molecular flexibility index (Phi) is 5.11. The van der Waals surface area contributed by atoms with Gasteiger partial charge in [0.05, 0.1) is 17.4 Å². The molecule has 1 aromatic heterocycles. The zero-order chi connectivity index (χ0) is 15.2. The molecule has 0 aliphatic carbocycles. The summed E-state index contributed by atoms with van der Waals surface area (Å²) in [5.41, 5.74) is 1.31. The number of aliphatic hydroxyl groups is 1. The van der Waals surface area contributed by atoms with Gasteiger partial charge in [0.2, 0.25) is 0 Å². The molecule has 1 unspecified atom stereocenters. The lowest BCUT2D eigenvalue weighted by molar-refractivity contribution is 0.0920. The molecule has 1 amide bonds. The number of hydrogen-bond donors (Lipinski definition) is 2. The molecule has 5 heteroatoms. The Balaban J connectivity index is 2.03. The summed E-state index contributed by atoms with van der Waals surface area (Å²) in [6.45, 7) is 4.37. The van der Waals surface area contributed by atoms with Gasteiger partial charge in [0.15, 0.2) is 0 Å². The standard InChI is InChI=1S/C16H21N3O2/c1-12(2)15(20)8-10-17-16(21)13-6-3-4-7-14(13)19-11-5-9-18-19/h3-7,9,11-12,15,20H,8,10H2,1-2H3,(H,17,21). The fraction of sp³-hybridized carbons (Fsp3) is 0.375. The van der Waals surface area contributed by atoms with Gasteiger partial charge in [0, 0.05) is 18.9 Å². The molecule has 21 heavy (non-hydrogen) atoms. The van der Waals surface area contributed by atoms with Crippen molar-refractivity contribution in [2.45, 2.75) is 26.4 Å². The first-order chi connectivity index (χ1) is 10.1. The molecule has 0 aliphatic heterocycles. The smallest absolute Gasteiger partial charge is 0.253 e. The molecule has 5 nitrogen and oxygen atoms in total. The Morgan fingerprint density at radius 1 is 1.33 bits per heavy atom. The Morgan fingerprint density at radius 3 is 2.76 bits per heavy atom. The lowest BCUT2D eigenvalue weighted by Gasteiger charge is -2.15. The molecule has 2 N–H and O–H groups in total. The van der Waals surface area contributed by atoms with Crippen LogP contribution in [0.5, 0.6) is 0 Å². The van der Waals surface area contributed by atoms with Crippen LogP contribution < -0.4 is 5.32 Å². The van der Waals surface area contributed by atoms with Crippen LogP contribution in [0.3, 0.4) is 0 Å². The van der Waals surface area contributed by atoms with Crippen molar-refractivity contribution in [3.05, 3.63) is 48.3 Å². The second-order valence-electron chi connectivity index (χ2n) is 5.32. The van der Waals surface area contributed by atoms with Gasteiger partial charge in [-0.3, -0.25) is 4.79 Å². The third kappa shape index (κ3) is 3.92. The second kappa shape index (κ2) is 7.04. The number of rotatable bonds is 6. The predicted molar refractivity (Wildman–Crippen MR) is 81.4 cm³/mol. The van der Waals surface area contributed by atoms with E-state index in [1.165, 1.54) is 0 Å². The minimum Gasteiger partial charge on any atom is -0.393 e. The van der Waals surface area contributed by atoms with Crippen LogP contribution in [0.1, 0.15) is 30.6 Å². The largest absolute Gasteiger partial charge is 0.393 e. The van der Waals surface area contributed by atoms with E-state index in [-0.39, 0.29) is 11.8 Å². The average Bonchev–Trinajstić information content (AvgIpc) is 3.01. The van der Waals surface area contributed by atoms with Crippen LogP contribution in [0.4, 0.5) is 0 Å². The molecule has 0 spiro atoms. The fourth-order valence-electron chi connectivity index (χ4n) is 2.04. The molecule has 1 aromatic carbocycles. The van der Waals surface area contributed by atoms with Crippen LogP contribution in [-0.2, 0) is 0 Å². The quantitative estimate of drug-likeness (QED) is 0.854. The van der Waals surface area contributed by atoms with Gasteiger partial charge in [-0.25, -0.2) is 4.68 Å². The number of nitrogens with zero attached hydrogens (tertiary/aromatic N) is 2. The zero-order valence-corrected chi connectivity index (χ0v) is 12.4. The molecule has 2 rings (SSSR count). The number of carbonyl (C=O) groups is 1. The Bertz CT molecular complexity index is 579. The number of hydrogen-bond acceptors (Lipinski definition) is 3. The number of aromatic nitrogens is 2. The highest BCUT2D eigenvalue weighted by atomic mass is 16.3. The van der Waals surface area contributed by atoms with Crippen LogP contribution in [0.2, 0.25) is 0 Å². The Morgan fingerprint density at radius 2 is 2.10 bits per heavy atom. The summed E-state index contributed by atoms with van der Waals surface area (Å²) in [7, 11) is 0. The molecule has 0 saturated heterocycles. The van der Waals surface area contributed by atoms with Gasteiger partial charge in [-0.05, 0) is 30.5 Å². The van der Waals surface area contributed by atoms with E-state index in [0.29, 0.717) is 18.5 Å². The minimum atomic E-state index is -0.397. The molecule has 1 atom stereocenters. The van der Waals surface area contributed by atoms with Crippen molar-refractivity contribution in [2.24, 2.45) is 5.92 Å². The normalized spacial score (nSPS) is 12.4. The fourth-order valence-corrected chi connectivity index (χ4v) is 2.04. The van der Waals surface area contributed by atoms with E-state index >= 15 is 0 Å². The highest BCUT2D eigenvalue weighted by Crippen LogP contribution is 2.13. The van der Waals surface area contributed by atoms with Crippen LogP contribution in [0, 0.1) is 5.92 Å². The highest BCUT2D eigenvalue weighted by molar-refractivity contribution is 5.97. The van der Waals surface area contributed by atoms with Crippen molar-refractivity contribution in [2.75, 3.05) is 6.54 Å². The van der Waals surface area contributed by atoms with Gasteiger partial charge in [-0.1, -0.05) is 26.0 Å². The van der Waals surface area contributed by atoms with Gasteiger partial charge in [0.1, 0.15) is 0 Å². The summed E-state index contributed by atoms with van der Waals surface area (Å²) < 4.78 is 1.66. The summed E-state index contributed by atoms with van der Waals surface area (Å²) in [6.07, 6.45) is 3.63. The summed E-state index contributed by atoms with van der Waals surface area (Å²) >= 11 is 0. The molecule has 0 radical (unpaired) electrons. The molecule has 112 valence electrons. The molecule has 2 aromatic rings. The first-order valence-electron chi connectivity index (χ1n) is 7.15. The number of benzene rings is 1. The van der Waals surface area contributed by atoms with E-state index in [1.54, 1.807) is 23.1 Å². The predicted octanol–water partition coefficient (Wildman–Crippen LogP) is 2.01. The van der Waals surface area contributed by atoms with Crippen molar-refractivity contribution in [3.63, 3.8) is 0 Å². The van der Waals surface area contributed by atoms with Crippen molar-refractivity contribution in [3.8, 4) is 5.69 Å². The molecule has 0 aliphatic rings. The first kappa shape index (κ1) is 15.3. The lowest BCUT2D eigenvalue weighted by Crippen LogP contribution is -2.29. The molecule has 0 saturated carbocycles. The molecular weight excluding hydrogens is 266 g/mol. The SMILES string of the molecule is CC(C)C(O)CCNC(=O)c1ccccc1-n1cccn1. The molecule has 0 bridgehead atoms. The molecular formula is C16H21N3O2. The van der Waals surface area contributed by atoms with Gasteiger partial charge in [0.25, 0.3) is 5.91 Å². The van der Waals surface area contributed by atoms with E-state index in [9.17, 15) is 9.90 Å². The van der Waals surface area contributed by atoms with E-state index in [0.717, 1.165) is 5.69 Å². The van der Waals surface area contributed by atoms with Gasteiger partial charge >= 0.3 is 0 Å². The monoisotopic (exact) mass is 287 g/mol. The lowest BCUT2D eigenvalue weighted by atomic mass is 10.0. The van der Waals surface area contributed by atoms with Crippen LogP contribution in [0.25, 0.3) is 5.69 Å². The van der Waals surface area contributed by atoms with Crippen LogP contribution >= 0.6 is 0 Å². The number of amides is 1. The third-order valence-electron chi connectivity index (χ3n) is 3.40. The minimum absolute atomic E-state index is 0.156. The summed E-state index contributed by atoms with van der Waals surface area (Å²) in [6, 6.07) is 9.13. The Labute approximate surface area is 124 Å². The van der Waals surface area contributed by atoms with Gasteiger partial charge in [-0.2, -0.15) is 5.10 Å². The Hall–Kier alpha value is -2.14. The summed E-state index contributed by atoms with van der Waals surface area (Å²) in [5.74, 6) is 0.0373. The van der Waals surface area contributed by atoms with Gasteiger partial charge in [-0.15, -0.1) is 0 Å². The van der Waals surface area contributed by atoms with Gasteiger partial charge < -0.3 is 10.4 Å². The second-order valence-corrected chi connectivity index (χ2v) is 5.32. The van der Waals surface area contributed by atoms with E-state index in [2.05, 4.69) is 10.4 Å².